The lowest BCUT2D eigenvalue weighted by molar-refractivity contribution is -0.154. The van der Waals surface area contributed by atoms with Gasteiger partial charge in [-0.15, -0.1) is 0 Å². The van der Waals surface area contributed by atoms with E-state index in [1.54, 1.807) is 0 Å². The van der Waals surface area contributed by atoms with Gasteiger partial charge < -0.3 is 10.0 Å². The number of hydrogen-bond donors (Lipinski definition) is 1. The topological polar surface area (TPSA) is 57.6 Å². The number of carbonyl (C=O) groups excluding carboxylic acids is 1. The lowest BCUT2D eigenvalue weighted by Gasteiger charge is -2.40. The van der Waals surface area contributed by atoms with Crippen molar-refractivity contribution in [3.63, 3.8) is 0 Å². The van der Waals surface area contributed by atoms with Crippen molar-refractivity contribution in [2.75, 3.05) is 6.54 Å². The van der Waals surface area contributed by atoms with Crippen molar-refractivity contribution >= 4 is 11.9 Å². The number of piperidine rings is 1. The minimum Gasteiger partial charge on any atom is -0.481 e. The fourth-order valence-electron chi connectivity index (χ4n) is 3.53. The van der Waals surface area contributed by atoms with Gasteiger partial charge in [-0.2, -0.15) is 0 Å². The minimum absolute atomic E-state index is 0.0890. The van der Waals surface area contributed by atoms with Crippen LogP contribution >= 0.6 is 0 Å². The molecule has 0 bridgehead atoms. The molecule has 2 unspecified atom stereocenters. The smallest absolute Gasteiger partial charge is 0.307 e. The number of carboxylic acid groups (broad SMARTS) is 1. The van der Waals surface area contributed by atoms with E-state index >= 15 is 0 Å². The van der Waals surface area contributed by atoms with Crippen LogP contribution in [-0.4, -0.2) is 34.5 Å². The van der Waals surface area contributed by atoms with Crippen molar-refractivity contribution < 1.29 is 14.7 Å². The molecule has 1 amide bonds. The Kier molecular flexibility index (Phi) is 4.48. The maximum absolute atomic E-state index is 12.7. The van der Waals surface area contributed by atoms with Crippen molar-refractivity contribution in [1.29, 1.82) is 0 Å². The van der Waals surface area contributed by atoms with Crippen LogP contribution in [0.15, 0.2) is 0 Å². The largest absolute Gasteiger partial charge is 0.481 e. The van der Waals surface area contributed by atoms with Gasteiger partial charge in [0.05, 0.1) is 11.8 Å². The second-order valence-electron chi connectivity index (χ2n) is 6.36. The second kappa shape index (κ2) is 5.93. The third-order valence-electron chi connectivity index (χ3n) is 4.80. The van der Waals surface area contributed by atoms with Gasteiger partial charge in [-0.1, -0.05) is 19.8 Å². The van der Waals surface area contributed by atoms with Crippen molar-refractivity contribution in [1.82, 2.24) is 4.90 Å². The number of aliphatic carboxylic acids is 1. The standard InChI is InChI=1S/C15H25NO3/c1-10-7-8-11(2)16(9-10)14(17)12-5-3-4-6-13(12)15(18)19/h10-13H,3-9H2,1-2H3,(H,18,19)/t10?,11?,12-,13+/m1/s1. The Hall–Kier alpha value is -1.06. The van der Waals surface area contributed by atoms with Gasteiger partial charge in [-0.25, -0.2) is 0 Å². The Morgan fingerprint density at radius 1 is 1.00 bits per heavy atom. The van der Waals surface area contributed by atoms with E-state index < -0.39 is 11.9 Å². The highest BCUT2D eigenvalue weighted by atomic mass is 16.4. The van der Waals surface area contributed by atoms with Crippen molar-refractivity contribution in [2.24, 2.45) is 17.8 Å². The van der Waals surface area contributed by atoms with Crippen LogP contribution in [0, 0.1) is 17.8 Å². The SMILES string of the molecule is CC1CCC(C)N(C(=O)[C@@H]2CCCC[C@@H]2C(=O)O)C1. The first-order valence-electron chi connectivity index (χ1n) is 7.54. The van der Waals surface area contributed by atoms with Crippen LogP contribution in [0.4, 0.5) is 0 Å². The van der Waals surface area contributed by atoms with Gasteiger partial charge in [0.2, 0.25) is 5.91 Å². The normalized spacial score (nSPS) is 36.0. The molecule has 2 aliphatic rings. The molecular weight excluding hydrogens is 242 g/mol. The Bertz CT molecular complexity index is 355. The van der Waals surface area contributed by atoms with Gasteiger partial charge in [-0.3, -0.25) is 9.59 Å². The second-order valence-corrected chi connectivity index (χ2v) is 6.36. The molecule has 1 aliphatic carbocycles. The van der Waals surface area contributed by atoms with Crippen molar-refractivity contribution in [2.45, 2.75) is 58.4 Å². The first-order valence-corrected chi connectivity index (χ1v) is 7.54. The number of amides is 1. The first kappa shape index (κ1) is 14.4. The van der Waals surface area contributed by atoms with E-state index in [0.29, 0.717) is 12.3 Å². The van der Waals surface area contributed by atoms with Crippen LogP contribution in [0.3, 0.4) is 0 Å². The maximum atomic E-state index is 12.7. The average molecular weight is 267 g/mol. The predicted octanol–water partition coefficient (Wildman–Crippen LogP) is 2.52. The molecule has 0 aromatic rings. The molecule has 4 nitrogen and oxygen atoms in total. The number of carboxylic acids is 1. The molecule has 0 aromatic heterocycles. The van der Waals surface area contributed by atoms with E-state index in [4.69, 9.17) is 0 Å². The van der Waals surface area contributed by atoms with Crippen LogP contribution in [0.1, 0.15) is 52.4 Å². The highest BCUT2D eigenvalue weighted by Crippen LogP contribution is 2.34. The highest BCUT2D eigenvalue weighted by Gasteiger charge is 2.39. The first-order chi connectivity index (χ1) is 9.00. The zero-order chi connectivity index (χ0) is 14.0. The third kappa shape index (κ3) is 3.10. The van der Waals surface area contributed by atoms with E-state index in [1.165, 1.54) is 0 Å². The summed E-state index contributed by atoms with van der Waals surface area (Å²) in [6.45, 7) is 5.05. The molecule has 1 aliphatic heterocycles. The summed E-state index contributed by atoms with van der Waals surface area (Å²) >= 11 is 0. The van der Waals surface area contributed by atoms with E-state index in [9.17, 15) is 14.7 Å². The monoisotopic (exact) mass is 267 g/mol. The van der Waals surface area contributed by atoms with Gasteiger partial charge in [0, 0.05) is 12.6 Å². The number of hydrogen-bond acceptors (Lipinski definition) is 2. The number of rotatable bonds is 2. The predicted molar refractivity (Wildman–Crippen MR) is 72.7 cm³/mol. The van der Waals surface area contributed by atoms with Crippen LogP contribution in [0.25, 0.3) is 0 Å². The maximum Gasteiger partial charge on any atom is 0.307 e. The third-order valence-corrected chi connectivity index (χ3v) is 4.80. The Balaban J connectivity index is 2.10. The summed E-state index contributed by atoms with van der Waals surface area (Å²) in [5, 5.41) is 9.30. The molecule has 2 rings (SSSR count). The fraction of sp³-hybridized carbons (Fsp3) is 0.867. The van der Waals surface area contributed by atoms with Gasteiger partial charge in [0.25, 0.3) is 0 Å². The molecule has 0 aromatic carbocycles. The molecule has 4 atom stereocenters. The van der Waals surface area contributed by atoms with Gasteiger partial charge >= 0.3 is 5.97 Å². The van der Waals surface area contributed by atoms with Crippen molar-refractivity contribution in [3.8, 4) is 0 Å². The van der Waals surface area contributed by atoms with Gasteiger partial charge in [-0.05, 0) is 38.5 Å². The van der Waals surface area contributed by atoms with Crippen molar-refractivity contribution in [3.05, 3.63) is 0 Å². The summed E-state index contributed by atoms with van der Waals surface area (Å²) in [5.74, 6) is -0.932. The van der Waals surface area contributed by atoms with Crippen LogP contribution in [0.5, 0.6) is 0 Å². The molecule has 0 radical (unpaired) electrons. The quantitative estimate of drug-likeness (QED) is 0.836. The molecule has 2 fully saturated rings. The highest BCUT2D eigenvalue weighted by molar-refractivity contribution is 5.85. The number of nitrogens with zero attached hydrogens (tertiary/aromatic N) is 1. The summed E-state index contributed by atoms with van der Waals surface area (Å²) < 4.78 is 0. The van der Waals surface area contributed by atoms with E-state index in [2.05, 4.69) is 13.8 Å². The molecule has 1 heterocycles. The Morgan fingerprint density at radius 3 is 2.26 bits per heavy atom. The van der Waals surface area contributed by atoms with Crippen LogP contribution in [0.2, 0.25) is 0 Å². The Labute approximate surface area is 115 Å². The number of likely N-dealkylation sites (tertiary alicyclic amines) is 1. The molecule has 108 valence electrons. The van der Waals surface area contributed by atoms with Gasteiger partial charge in [0.15, 0.2) is 0 Å². The summed E-state index contributed by atoms with van der Waals surface area (Å²) in [4.78, 5) is 26.0. The van der Waals surface area contributed by atoms with E-state index in [1.807, 2.05) is 4.90 Å². The molecule has 1 saturated heterocycles. The minimum atomic E-state index is -0.796. The lowest BCUT2D eigenvalue weighted by Crippen LogP contribution is -2.50. The fourth-order valence-corrected chi connectivity index (χ4v) is 3.53. The lowest BCUT2D eigenvalue weighted by atomic mass is 9.77. The van der Waals surface area contributed by atoms with E-state index in [0.717, 1.165) is 38.6 Å². The van der Waals surface area contributed by atoms with Gasteiger partial charge in [0.1, 0.15) is 0 Å². The Morgan fingerprint density at radius 2 is 1.63 bits per heavy atom. The molecule has 1 saturated carbocycles. The van der Waals surface area contributed by atoms with Crippen LogP contribution < -0.4 is 0 Å². The summed E-state index contributed by atoms with van der Waals surface area (Å²) in [6.07, 6.45) is 5.52. The van der Waals surface area contributed by atoms with E-state index in [-0.39, 0.29) is 17.9 Å². The zero-order valence-corrected chi connectivity index (χ0v) is 12.0. The molecule has 19 heavy (non-hydrogen) atoms. The number of carbonyl (C=O) groups is 2. The molecule has 1 N–H and O–H groups in total. The van der Waals surface area contributed by atoms with Crippen LogP contribution in [-0.2, 0) is 9.59 Å². The molecule has 0 spiro atoms. The molecule has 4 heteroatoms. The summed E-state index contributed by atoms with van der Waals surface area (Å²) in [6, 6.07) is 0.264. The summed E-state index contributed by atoms with van der Waals surface area (Å²) in [5.41, 5.74) is 0. The summed E-state index contributed by atoms with van der Waals surface area (Å²) in [7, 11) is 0. The average Bonchev–Trinajstić information content (AvgIpc) is 2.40. The zero-order valence-electron chi connectivity index (χ0n) is 12.0. The molecular formula is C15H25NO3.